The molecule has 1 aromatic heterocycles. The maximum Gasteiger partial charge on any atom is 0.0575 e. The van der Waals surface area contributed by atoms with E-state index in [1.807, 2.05) is 6.20 Å². The molecule has 0 bridgehead atoms. The number of pyridine rings is 1. The Kier molecular flexibility index (Phi) is 5.55. The largest absolute Gasteiger partial charge is 0.311 e. The number of rotatable bonds is 5. The van der Waals surface area contributed by atoms with Gasteiger partial charge in [0.25, 0.3) is 0 Å². The molecule has 0 aromatic carbocycles. The summed E-state index contributed by atoms with van der Waals surface area (Å²) in [5.74, 6) is 0.675. The van der Waals surface area contributed by atoms with Gasteiger partial charge < -0.3 is 5.32 Å². The smallest absolute Gasteiger partial charge is 0.0575 e. The van der Waals surface area contributed by atoms with E-state index in [9.17, 15) is 0 Å². The lowest BCUT2D eigenvalue weighted by Gasteiger charge is -2.42. The van der Waals surface area contributed by atoms with Gasteiger partial charge in [0, 0.05) is 37.9 Å². The van der Waals surface area contributed by atoms with Gasteiger partial charge in [-0.2, -0.15) is 0 Å². The van der Waals surface area contributed by atoms with Crippen molar-refractivity contribution in [3.63, 3.8) is 0 Å². The van der Waals surface area contributed by atoms with Crippen molar-refractivity contribution >= 4 is 0 Å². The van der Waals surface area contributed by atoms with Crippen LogP contribution >= 0.6 is 0 Å². The van der Waals surface area contributed by atoms with Crippen LogP contribution in [0.1, 0.15) is 45.4 Å². The molecule has 20 heavy (non-hydrogen) atoms. The number of piperazine rings is 1. The predicted molar refractivity (Wildman–Crippen MR) is 84.7 cm³/mol. The molecule has 0 amide bonds. The average molecular weight is 275 g/mol. The van der Waals surface area contributed by atoms with Crippen molar-refractivity contribution in [1.82, 2.24) is 15.2 Å². The SMILES string of the molecule is CCc1cccnc1CN1CC(CC)NCC1C(C)C. The molecular formula is C17H29N3. The number of nitrogens with zero attached hydrogens (tertiary/aromatic N) is 2. The molecule has 1 aliphatic rings. The standard InChI is InChI=1S/C17H29N3/c1-5-14-8-7-9-18-16(14)12-20-11-15(6-2)19-10-17(20)13(3)4/h7-9,13,15,17,19H,5-6,10-12H2,1-4H3. The van der Waals surface area contributed by atoms with Crippen LogP contribution in [0.4, 0.5) is 0 Å². The lowest BCUT2D eigenvalue weighted by atomic mass is 9.97. The molecule has 2 unspecified atom stereocenters. The van der Waals surface area contributed by atoms with Gasteiger partial charge >= 0.3 is 0 Å². The van der Waals surface area contributed by atoms with Crippen LogP contribution in [0, 0.1) is 5.92 Å². The van der Waals surface area contributed by atoms with Gasteiger partial charge in [0.05, 0.1) is 5.69 Å². The Bertz CT molecular complexity index is 416. The number of nitrogens with one attached hydrogen (secondary N) is 1. The van der Waals surface area contributed by atoms with Crippen molar-refractivity contribution in [1.29, 1.82) is 0 Å². The van der Waals surface area contributed by atoms with E-state index in [0.717, 1.165) is 26.1 Å². The van der Waals surface area contributed by atoms with Crippen LogP contribution < -0.4 is 5.32 Å². The number of hydrogen-bond acceptors (Lipinski definition) is 3. The zero-order valence-corrected chi connectivity index (χ0v) is 13.4. The molecule has 3 heteroatoms. The van der Waals surface area contributed by atoms with Crippen molar-refractivity contribution < 1.29 is 0 Å². The molecule has 2 heterocycles. The van der Waals surface area contributed by atoms with Crippen LogP contribution in [-0.4, -0.2) is 35.1 Å². The third-order valence-corrected chi connectivity index (χ3v) is 4.52. The van der Waals surface area contributed by atoms with Gasteiger partial charge in [-0.05, 0) is 30.4 Å². The van der Waals surface area contributed by atoms with Crippen LogP contribution in [0.5, 0.6) is 0 Å². The van der Waals surface area contributed by atoms with Gasteiger partial charge in [-0.1, -0.05) is 33.8 Å². The summed E-state index contributed by atoms with van der Waals surface area (Å²) in [5, 5.41) is 3.68. The lowest BCUT2D eigenvalue weighted by Crippen LogP contribution is -2.57. The highest BCUT2D eigenvalue weighted by Crippen LogP contribution is 2.20. The third kappa shape index (κ3) is 3.58. The van der Waals surface area contributed by atoms with Crippen LogP contribution in [-0.2, 0) is 13.0 Å². The Hall–Kier alpha value is -0.930. The van der Waals surface area contributed by atoms with Crippen molar-refractivity contribution in [2.24, 2.45) is 5.92 Å². The first-order chi connectivity index (χ1) is 9.65. The van der Waals surface area contributed by atoms with Gasteiger partial charge in [-0.25, -0.2) is 0 Å². The van der Waals surface area contributed by atoms with Gasteiger partial charge in [-0.3, -0.25) is 9.88 Å². The van der Waals surface area contributed by atoms with Gasteiger partial charge in [-0.15, -0.1) is 0 Å². The van der Waals surface area contributed by atoms with Crippen molar-refractivity contribution in [3.8, 4) is 0 Å². The van der Waals surface area contributed by atoms with Crippen LogP contribution in [0.25, 0.3) is 0 Å². The quantitative estimate of drug-likeness (QED) is 0.895. The molecule has 1 saturated heterocycles. The number of hydrogen-bond donors (Lipinski definition) is 1. The molecule has 112 valence electrons. The van der Waals surface area contributed by atoms with E-state index in [0.29, 0.717) is 18.0 Å². The zero-order chi connectivity index (χ0) is 14.5. The predicted octanol–water partition coefficient (Wildman–Crippen LogP) is 2.85. The second-order valence-electron chi connectivity index (χ2n) is 6.22. The van der Waals surface area contributed by atoms with Crippen LogP contribution in [0.3, 0.4) is 0 Å². The van der Waals surface area contributed by atoms with Crippen LogP contribution in [0.15, 0.2) is 18.3 Å². The van der Waals surface area contributed by atoms with Crippen molar-refractivity contribution in [2.45, 2.75) is 59.2 Å². The van der Waals surface area contributed by atoms with Crippen LogP contribution in [0.2, 0.25) is 0 Å². The molecule has 1 aromatic rings. The first kappa shape index (κ1) is 15.5. The summed E-state index contributed by atoms with van der Waals surface area (Å²) < 4.78 is 0. The minimum atomic E-state index is 0.615. The first-order valence-electron chi connectivity index (χ1n) is 8.05. The molecule has 0 radical (unpaired) electrons. The fourth-order valence-corrected chi connectivity index (χ4v) is 3.14. The molecule has 2 rings (SSSR count). The maximum atomic E-state index is 4.63. The topological polar surface area (TPSA) is 28.2 Å². The highest BCUT2D eigenvalue weighted by atomic mass is 15.2. The zero-order valence-electron chi connectivity index (χ0n) is 13.4. The number of aryl methyl sites for hydroxylation is 1. The molecule has 0 aliphatic carbocycles. The summed E-state index contributed by atoms with van der Waals surface area (Å²) in [6.07, 6.45) is 4.20. The molecule has 0 saturated carbocycles. The summed E-state index contributed by atoms with van der Waals surface area (Å²) in [6.45, 7) is 12.4. The summed E-state index contributed by atoms with van der Waals surface area (Å²) in [7, 11) is 0. The minimum Gasteiger partial charge on any atom is -0.311 e. The summed E-state index contributed by atoms with van der Waals surface area (Å²) in [5.41, 5.74) is 2.65. The Balaban J connectivity index is 2.14. The maximum absolute atomic E-state index is 4.63. The first-order valence-corrected chi connectivity index (χ1v) is 8.05. The van der Waals surface area contributed by atoms with Gasteiger partial charge in [0.2, 0.25) is 0 Å². The lowest BCUT2D eigenvalue weighted by molar-refractivity contribution is 0.0885. The fraction of sp³-hybridized carbons (Fsp3) is 0.706. The Morgan fingerprint density at radius 2 is 2.20 bits per heavy atom. The van der Waals surface area contributed by atoms with Gasteiger partial charge in [0.15, 0.2) is 0 Å². The van der Waals surface area contributed by atoms with E-state index in [1.54, 1.807) is 0 Å². The molecular weight excluding hydrogens is 246 g/mol. The second-order valence-corrected chi connectivity index (χ2v) is 6.22. The Labute approximate surface area is 123 Å². The van der Waals surface area contributed by atoms with Crippen molar-refractivity contribution in [3.05, 3.63) is 29.6 Å². The highest BCUT2D eigenvalue weighted by molar-refractivity contribution is 5.19. The summed E-state index contributed by atoms with van der Waals surface area (Å²) in [6, 6.07) is 5.50. The molecule has 2 atom stereocenters. The normalized spacial score (nSPS) is 24.2. The Morgan fingerprint density at radius 1 is 1.40 bits per heavy atom. The Morgan fingerprint density at radius 3 is 2.85 bits per heavy atom. The monoisotopic (exact) mass is 275 g/mol. The summed E-state index contributed by atoms with van der Waals surface area (Å²) >= 11 is 0. The van der Waals surface area contributed by atoms with E-state index in [1.165, 1.54) is 17.7 Å². The van der Waals surface area contributed by atoms with E-state index < -0.39 is 0 Å². The third-order valence-electron chi connectivity index (χ3n) is 4.52. The highest BCUT2D eigenvalue weighted by Gasteiger charge is 2.29. The average Bonchev–Trinajstić information content (AvgIpc) is 2.47. The molecule has 1 fully saturated rings. The molecule has 1 N–H and O–H groups in total. The fourth-order valence-electron chi connectivity index (χ4n) is 3.14. The molecule has 0 spiro atoms. The van der Waals surface area contributed by atoms with E-state index in [-0.39, 0.29) is 0 Å². The van der Waals surface area contributed by atoms with E-state index >= 15 is 0 Å². The minimum absolute atomic E-state index is 0.615. The molecule has 1 aliphatic heterocycles. The van der Waals surface area contributed by atoms with Gasteiger partial charge in [0.1, 0.15) is 0 Å². The summed E-state index contributed by atoms with van der Waals surface area (Å²) in [4.78, 5) is 7.26. The van der Waals surface area contributed by atoms with Crippen molar-refractivity contribution in [2.75, 3.05) is 13.1 Å². The van der Waals surface area contributed by atoms with E-state index in [2.05, 4.69) is 55.0 Å². The second kappa shape index (κ2) is 7.19. The van der Waals surface area contributed by atoms with E-state index in [4.69, 9.17) is 0 Å². The number of aromatic nitrogens is 1. The molecule has 3 nitrogen and oxygen atoms in total.